The molecule has 1 heterocycles. The number of benzene rings is 2. The van der Waals surface area contributed by atoms with Crippen LogP contribution >= 0.6 is 24.8 Å². The van der Waals surface area contributed by atoms with Gasteiger partial charge in [0.2, 0.25) is 0 Å². The Morgan fingerprint density at radius 3 is 2.08 bits per heavy atom. The third-order valence-corrected chi connectivity index (χ3v) is 4.61. The molecule has 1 aliphatic heterocycles. The second-order valence-corrected chi connectivity index (χ2v) is 7.04. The molecule has 25 heavy (non-hydrogen) atoms. The van der Waals surface area contributed by atoms with Gasteiger partial charge in [-0.25, -0.2) is 0 Å². The summed E-state index contributed by atoms with van der Waals surface area (Å²) >= 11 is 0. The molecule has 2 aromatic rings. The molecule has 2 nitrogen and oxygen atoms in total. The van der Waals surface area contributed by atoms with Gasteiger partial charge in [-0.1, -0.05) is 74.5 Å². The van der Waals surface area contributed by atoms with Crippen molar-refractivity contribution >= 4 is 24.8 Å². The van der Waals surface area contributed by atoms with Crippen molar-refractivity contribution in [3.8, 4) is 0 Å². The molecule has 0 N–H and O–H groups in total. The van der Waals surface area contributed by atoms with Crippen molar-refractivity contribution in [1.29, 1.82) is 0 Å². The minimum atomic E-state index is 0. The lowest BCUT2D eigenvalue weighted by molar-refractivity contribution is 0.0614. The summed E-state index contributed by atoms with van der Waals surface area (Å²) in [5.74, 6) is 0.729. The van der Waals surface area contributed by atoms with E-state index in [-0.39, 0.29) is 24.8 Å². The summed E-state index contributed by atoms with van der Waals surface area (Å²) < 4.78 is 0. The number of nitrogens with zero attached hydrogens (tertiary/aromatic N) is 2. The lowest BCUT2D eigenvalue weighted by Crippen LogP contribution is -2.48. The zero-order valence-corrected chi connectivity index (χ0v) is 16.8. The summed E-state index contributed by atoms with van der Waals surface area (Å²) in [7, 11) is 0. The van der Waals surface area contributed by atoms with Crippen LogP contribution in [0, 0.1) is 5.92 Å². The molecule has 1 saturated heterocycles. The van der Waals surface area contributed by atoms with Gasteiger partial charge in [-0.05, 0) is 17.0 Å². The second kappa shape index (κ2) is 10.8. The van der Waals surface area contributed by atoms with Crippen molar-refractivity contribution in [1.82, 2.24) is 9.80 Å². The third-order valence-electron chi connectivity index (χ3n) is 4.61. The number of rotatable bonds is 5. The fraction of sp³-hybridized carbons (Fsp3) is 0.429. The maximum absolute atomic E-state index is 2.64. The highest BCUT2D eigenvalue weighted by molar-refractivity contribution is 5.85. The van der Waals surface area contributed by atoms with Crippen LogP contribution in [0.15, 0.2) is 60.7 Å². The molecule has 1 atom stereocenters. The lowest BCUT2D eigenvalue weighted by Gasteiger charge is -2.42. The highest BCUT2D eigenvalue weighted by atomic mass is 35.5. The van der Waals surface area contributed by atoms with Crippen LogP contribution in [0.4, 0.5) is 0 Å². The molecule has 0 amide bonds. The van der Waals surface area contributed by atoms with Crippen LogP contribution in [-0.4, -0.2) is 36.0 Å². The molecule has 0 bridgehead atoms. The fourth-order valence-electron chi connectivity index (χ4n) is 3.56. The van der Waals surface area contributed by atoms with Crippen LogP contribution in [0.1, 0.15) is 31.0 Å². The van der Waals surface area contributed by atoms with E-state index in [1.165, 1.54) is 24.2 Å². The smallest absolute Gasteiger partial charge is 0.0479 e. The summed E-state index contributed by atoms with van der Waals surface area (Å²) in [4.78, 5) is 5.27. The number of hydrogen-bond acceptors (Lipinski definition) is 2. The first-order chi connectivity index (χ1) is 11.2. The maximum Gasteiger partial charge on any atom is 0.0479 e. The van der Waals surface area contributed by atoms with E-state index in [0.29, 0.717) is 6.04 Å². The van der Waals surface area contributed by atoms with Gasteiger partial charge in [0.25, 0.3) is 0 Å². The van der Waals surface area contributed by atoms with E-state index in [1.807, 2.05) is 0 Å². The molecular weight excluding hydrogens is 351 g/mol. The zero-order chi connectivity index (χ0) is 16.1. The van der Waals surface area contributed by atoms with Crippen LogP contribution in [0.3, 0.4) is 0 Å². The molecule has 138 valence electrons. The minimum absolute atomic E-state index is 0. The van der Waals surface area contributed by atoms with Gasteiger partial charge in [0.1, 0.15) is 0 Å². The summed E-state index contributed by atoms with van der Waals surface area (Å²) in [6, 6.07) is 22.3. The van der Waals surface area contributed by atoms with Crippen LogP contribution in [0.2, 0.25) is 0 Å². The van der Waals surface area contributed by atoms with Crippen molar-refractivity contribution in [3.63, 3.8) is 0 Å². The van der Waals surface area contributed by atoms with Crippen molar-refractivity contribution in [2.45, 2.75) is 26.4 Å². The first-order valence-electron chi connectivity index (χ1n) is 8.77. The molecule has 1 fully saturated rings. The van der Waals surface area contributed by atoms with Gasteiger partial charge < -0.3 is 0 Å². The summed E-state index contributed by atoms with van der Waals surface area (Å²) in [6.45, 7) is 10.3. The molecule has 3 rings (SSSR count). The second-order valence-electron chi connectivity index (χ2n) is 7.04. The average molecular weight is 381 g/mol. The van der Waals surface area contributed by atoms with Gasteiger partial charge in [0, 0.05) is 38.8 Å². The van der Waals surface area contributed by atoms with Gasteiger partial charge in [0.15, 0.2) is 0 Å². The SMILES string of the molecule is CC(C)CN1CCN(Cc2ccccc2)C(c2ccccc2)C1.Cl.Cl. The van der Waals surface area contributed by atoms with E-state index in [2.05, 4.69) is 84.3 Å². The van der Waals surface area contributed by atoms with E-state index in [4.69, 9.17) is 0 Å². The summed E-state index contributed by atoms with van der Waals surface area (Å²) in [5, 5.41) is 0. The topological polar surface area (TPSA) is 6.48 Å². The van der Waals surface area contributed by atoms with Gasteiger partial charge in [-0.2, -0.15) is 0 Å². The Bertz CT molecular complexity index is 589. The van der Waals surface area contributed by atoms with Crippen molar-refractivity contribution in [2.24, 2.45) is 5.92 Å². The van der Waals surface area contributed by atoms with Crippen molar-refractivity contribution in [2.75, 3.05) is 26.2 Å². The van der Waals surface area contributed by atoms with E-state index in [1.54, 1.807) is 0 Å². The van der Waals surface area contributed by atoms with Crippen LogP contribution in [0.5, 0.6) is 0 Å². The molecule has 1 unspecified atom stereocenters. The van der Waals surface area contributed by atoms with Crippen molar-refractivity contribution in [3.05, 3.63) is 71.8 Å². The minimum Gasteiger partial charge on any atom is -0.300 e. The predicted octanol–water partition coefficient (Wildman–Crippen LogP) is 5.05. The standard InChI is InChI=1S/C21H28N2.2ClH/c1-18(2)15-22-13-14-23(16-19-9-5-3-6-10-19)21(17-22)20-11-7-4-8-12-20;;/h3-12,18,21H,13-17H2,1-2H3;2*1H. The molecule has 1 aliphatic rings. The van der Waals surface area contributed by atoms with E-state index < -0.39 is 0 Å². The molecule has 0 aromatic heterocycles. The normalized spacial score (nSPS) is 18.4. The predicted molar refractivity (Wildman–Crippen MR) is 112 cm³/mol. The molecule has 0 radical (unpaired) electrons. The van der Waals surface area contributed by atoms with E-state index >= 15 is 0 Å². The van der Waals surface area contributed by atoms with Gasteiger partial charge in [0.05, 0.1) is 0 Å². The number of hydrogen-bond donors (Lipinski definition) is 0. The monoisotopic (exact) mass is 380 g/mol. The Morgan fingerprint density at radius 2 is 1.48 bits per heavy atom. The Labute approximate surface area is 165 Å². The third kappa shape index (κ3) is 6.31. The Kier molecular flexibility index (Phi) is 9.52. The Balaban J connectivity index is 0.00000156. The quantitative estimate of drug-likeness (QED) is 0.716. The van der Waals surface area contributed by atoms with Gasteiger partial charge in [-0.3, -0.25) is 9.80 Å². The van der Waals surface area contributed by atoms with Crippen LogP contribution in [0.25, 0.3) is 0 Å². The number of halogens is 2. The van der Waals surface area contributed by atoms with Gasteiger partial charge >= 0.3 is 0 Å². The molecule has 0 spiro atoms. The Hall–Kier alpha value is -1.06. The highest BCUT2D eigenvalue weighted by Crippen LogP contribution is 2.27. The highest BCUT2D eigenvalue weighted by Gasteiger charge is 2.28. The lowest BCUT2D eigenvalue weighted by atomic mass is 10.0. The molecule has 0 aliphatic carbocycles. The largest absolute Gasteiger partial charge is 0.300 e. The average Bonchev–Trinajstić information content (AvgIpc) is 2.57. The maximum atomic E-state index is 2.64. The van der Waals surface area contributed by atoms with E-state index in [0.717, 1.165) is 25.6 Å². The summed E-state index contributed by atoms with van der Waals surface area (Å²) in [6.07, 6.45) is 0. The van der Waals surface area contributed by atoms with E-state index in [9.17, 15) is 0 Å². The molecule has 4 heteroatoms. The zero-order valence-electron chi connectivity index (χ0n) is 15.2. The first-order valence-corrected chi connectivity index (χ1v) is 8.77. The molecule has 0 saturated carbocycles. The summed E-state index contributed by atoms with van der Waals surface area (Å²) in [5.41, 5.74) is 2.85. The molecule has 2 aromatic carbocycles. The molecular formula is C21H30Cl2N2. The Morgan fingerprint density at radius 1 is 0.880 bits per heavy atom. The van der Waals surface area contributed by atoms with Crippen LogP contribution < -0.4 is 0 Å². The van der Waals surface area contributed by atoms with Crippen LogP contribution in [-0.2, 0) is 6.54 Å². The van der Waals surface area contributed by atoms with Gasteiger partial charge in [-0.15, -0.1) is 24.8 Å². The fourth-order valence-corrected chi connectivity index (χ4v) is 3.56. The first kappa shape index (κ1) is 22.0. The van der Waals surface area contributed by atoms with Crippen molar-refractivity contribution < 1.29 is 0 Å². The number of piperazine rings is 1.